The van der Waals surface area contributed by atoms with Crippen LogP contribution in [0.1, 0.15) is 31.9 Å². The highest BCUT2D eigenvalue weighted by Crippen LogP contribution is 2.40. The summed E-state index contributed by atoms with van der Waals surface area (Å²) in [5.74, 6) is 0.727. The number of fused-ring (bicyclic) bond motifs is 1. The zero-order valence-corrected chi connectivity index (χ0v) is 10.7. The van der Waals surface area contributed by atoms with Gasteiger partial charge in [0.05, 0.1) is 5.60 Å². The first-order valence-corrected chi connectivity index (χ1v) is 5.87. The van der Waals surface area contributed by atoms with E-state index in [1.54, 1.807) is 6.92 Å². The van der Waals surface area contributed by atoms with Gasteiger partial charge in [-0.05, 0) is 39.3 Å². The van der Waals surface area contributed by atoms with Crippen LogP contribution in [0.5, 0.6) is 5.75 Å². The van der Waals surface area contributed by atoms with Gasteiger partial charge in [0.2, 0.25) is 0 Å². The van der Waals surface area contributed by atoms with Gasteiger partial charge in [-0.25, -0.2) is 4.39 Å². The van der Waals surface area contributed by atoms with Crippen LogP contribution < -0.4 is 4.74 Å². The Morgan fingerprint density at radius 2 is 2.12 bits per heavy atom. The van der Waals surface area contributed by atoms with E-state index in [9.17, 15) is 9.50 Å². The Kier molecular flexibility index (Phi) is 2.69. The molecule has 94 valence electrons. The van der Waals surface area contributed by atoms with Crippen LogP contribution >= 0.6 is 0 Å². The number of alkyl halides is 1. The lowest BCUT2D eigenvalue weighted by atomic mass is 9.85. The van der Waals surface area contributed by atoms with E-state index in [0.29, 0.717) is 6.42 Å². The summed E-state index contributed by atoms with van der Waals surface area (Å²) in [5, 5.41) is 9.79. The molecular formula is C14H19FO2. The third-order valence-corrected chi connectivity index (χ3v) is 3.26. The summed E-state index contributed by atoms with van der Waals surface area (Å²) in [4.78, 5) is 0. The van der Waals surface area contributed by atoms with Crippen LogP contribution in [0.25, 0.3) is 0 Å². The van der Waals surface area contributed by atoms with Crippen molar-refractivity contribution in [3.05, 3.63) is 29.3 Å². The third kappa shape index (κ3) is 2.16. The van der Waals surface area contributed by atoms with Gasteiger partial charge < -0.3 is 9.84 Å². The Bertz CT molecular complexity index is 436. The minimum atomic E-state index is -1.43. The molecular weight excluding hydrogens is 219 g/mol. The average Bonchev–Trinajstić information content (AvgIpc) is 2.52. The van der Waals surface area contributed by atoms with E-state index in [1.807, 2.05) is 25.1 Å². The van der Waals surface area contributed by atoms with Gasteiger partial charge in [-0.15, -0.1) is 0 Å². The second-order valence-electron chi connectivity index (χ2n) is 5.72. The maximum absolute atomic E-state index is 14.3. The fraction of sp³-hybridized carbons (Fsp3) is 0.571. The molecule has 0 amide bonds. The smallest absolute Gasteiger partial charge is 0.167 e. The first-order valence-electron chi connectivity index (χ1n) is 5.87. The molecule has 0 saturated heterocycles. The molecule has 2 rings (SSSR count). The van der Waals surface area contributed by atoms with Crippen molar-refractivity contribution in [1.29, 1.82) is 0 Å². The third-order valence-electron chi connectivity index (χ3n) is 3.26. The summed E-state index contributed by atoms with van der Waals surface area (Å²) >= 11 is 0. The number of hydrogen-bond acceptors (Lipinski definition) is 2. The molecule has 0 fully saturated rings. The van der Waals surface area contributed by atoms with Gasteiger partial charge >= 0.3 is 0 Å². The van der Waals surface area contributed by atoms with Crippen LogP contribution in [0.3, 0.4) is 0 Å². The molecule has 0 spiro atoms. The number of aryl methyl sites for hydroxylation is 1. The van der Waals surface area contributed by atoms with Gasteiger partial charge in [0.15, 0.2) is 6.17 Å². The van der Waals surface area contributed by atoms with E-state index < -0.39 is 17.4 Å². The van der Waals surface area contributed by atoms with E-state index in [2.05, 4.69) is 0 Å². The zero-order valence-electron chi connectivity index (χ0n) is 10.7. The zero-order chi connectivity index (χ0) is 12.8. The van der Waals surface area contributed by atoms with Crippen molar-refractivity contribution in [2.24, 2.45) is 0 Å². The van der Waals surface area contributed by atoms with Gasteiger partial charge in [0, 0.05) is 6.42 Å². The van der Waals surface area contributed by atoms with Crippen molar-refractivity contribution in [3.63, 3.8) is 0 Å². The van der Waals surface area contributed by atoms with Crippen molar-refractivity contribution < 1.29 is 14.2 Å². The summed E-state index contributed by atoms with van der Waals surface area (Å²) < 4.78 is 20.0. The van der Waals surface area contributed by atoms with E-state index in [4.69, 9.17) is 4.74 Å². The fourth-order valence-electron chi connectivity index (χ4n) is 2.50. The number of aliphatic hydroxyl groups is 1. The molecule has 1 aliphatic heterocycles. The Balaban J connectivity index is 2.29. The number of benzene rings is 1. The second-order valence-corrected chi connectivity index (χ2v) is 5.72. The molecule has 1 aromatic carbocycles. The Morgan fingerprint density at radius 3 is 2.71 bits per heavy atom. The molecule has 0 aromatic heterocycles. The molecule has 0 radical (unpaired) electrons. The van der Waals surface area contributed by atoms with E-state index in [1.165, 1.54) is 13.8 Å². The predicted molar refractivity (Wildman–Crippen MR) is 65.1 cm³/mol. The van der Waals surface area contributed by atoms with Crippen molar-refractivity contribution in [2.45, 2.75) is 51.5 Å². The molecule has 1 aliphatic rings. The lowest BCUT2D eigenvalue weighted by molar-refractivity contribution is -0.0917. The van der Waals surface area contributed by atoms with Crippen LogP contribution in [0.15, 0.2) is 18.2 Å². The van der Waals surface area contributed by atoms with Crippen molar-refractivity contribution in [3.8, 4) is 5.75 Å². The first kappa shape index (κ1) is 12.4. The fourth-order valence-corrected chi connectivity index (χ4v) is 2.50. The Morgan fingerprint density at radius 1 is 1.47 bits per heavy atom. The van der Waals surface area contributed by atoms with Crippen molar-refractivity contribution >= 4 is 0 Å². The van der Waals surface area contributed by atoms with E-state index in [0.717, 1.165) is 16.9 Å². The second kappa shape index (κ2) is 3.70. The predicted octanol–water partition coefficient (Wildman–Crippen LogP) is 2.80. The Labute approximate surface area is 101 Å². The van der Waals surface area contributed by atoms with Gasteiger partial charge in [0.25, 0.3) is 0 Å². The lowest BCUT2D eigenvalue weighted by Crippen LogP contribution is -2.52. The number of rotatable bonds is 2. The van der Waals surface area contributed by atoms with Crippen LogP contribution in [0.2, 0.25) is 0 Å². The van der Waals surface area contributed by atoms with Gasteiger partial charge in [0.1, 0.15) is 11.4 Å². The number of hydrogen-bond donors (Lipinski definition) is 1. The molecule has 2 unspecified atom stereocenters. The van der Waals surface area contributed by atoms with Crippen LogP contribution in [0.4, 0.5) is 4.39 Å². The molecule has 3 heteroatoms. The minimum Gasteiger partial charge on any atom is -0.484 e. The standard InChI is InChI=1S/C14H19FO2/c1-9-5-6-11-10(7-9)8-14(4,17-11)12(15)13(2,3)16/h5-7,12,16H,8H2,1-4H3. The highest BCUT2D eigenvalue weighted by Gasteiger charge is 2.49. The average molecular weight is 238 g/mol. The molecule has 0 saturated carbocycles. The van der Waals surface area contributed by atoms with Gasteiger partial charge in [-0.1, -0.05) is 17.7 Å². The van der Waals surface area contributed by atoms with Crippen LogP contribution in [-0.2, 0) is 6.42 Å². The van der Waals surface area contributed by atoms with Gasteiger partial charge in [-0.2, -0.15) is 0 Å². The topological polar surface area (TPSA) is 29.5 Å². The molecule has 2 atom stereocenters. The largest absolute Gasteiger partial charge is 0.484 e. The first-order chi connectivity index (χ1) is 7.72. The Hall–Kier alpha value is -1.09. The lowest BCUT2D eigenvalue weighted by Gasteiger charge is -2.35. The SMILES string of the molecule is Cc1ccc2c(c1)CC(C)(C(F)C(C)(C)O)O2. The summed E-state index contributed by atoms with van der Waals surface area (Å²) in [7, 11) is 0. The van der Waals surface area contributed by atoms with Crippen LogP contribution in [0, 0.1) is 6.92 Å². The summed E-state index contributed by atoms with van der Waals surface area (Å²) in [5.41, 5.74) is -0.227. The maximum Gasteiger partial charge on any atom is 0.167 e. The van der Waals surface area contributed by atoms with E-state index >= 15 is 0 Å². The molecule has 1 N–H and O–H groups in total. The summed E-state index contributed by atoms with van der Waals surface area (Å²) in [6.45, 7) is 6.66. The molecule has 2 nitrogen and oxygen atoms in total. The molecule has 1 aromatic rings. The number of halogens is 1. The summed E-state index contributed by atoms with van der Waals surface area (Å²) in [6, 6.07) is 5.83. The van der Waals surface area contributed by atoms with Crippen molar-refractivity contribution in [1.82, 2.24) is 0 Å². The van der Waals surface area contributed by atoms with Gasteiger partial charge in [-0.3, -0.25) is 0 Å². The maximum atomic E-state index is 14.3. The quantitative estimate of drug-likeness (QED) is 0.858. The highest BCUT2D eigenvalue weighted by atomic mass is 19.1. The molecule has 17 heavy (non-hydrogen) atoms. The highest BCUT2D eigenvalue weighted by molar-refractivity contribution is 5.42. The minimum absolute atomic E-state index is 0.495. The number of ether oxygens (including phenoxy) is 1. The molecule has 0 aliphatic carbocycles. The monoisotopic (exact) mass is 238 g/mol. The molecule has 1 heterocycles. The van der Waals surface area contributed by atoms with Crippen LogP contribution in [-0.4, -0.2) is 22.5 Å². The van der Waals surface area contributed by atoms with E-state index in [-0.39, 0.29) is 0 Å². The normalized spacial score (nSPS) is 25.3. The summed E-state index contributed by atoms with van der Waals surface area (Å²) in [6.07, 6.45) is -0.933. The van der Waals surface area contributed by atoms with Crippen molar-refractivity contribution in [2.75, 3.05) is 0 Å². The molecule has 0 bridgehead atoms.